The minimum absolute atomic E-state index is 0.539. The van der Waals surface area contributed by atoms with Crippen molar-refractivity contribution < 1.29 is 4.42 Å². The molecule has 0 saturated heterocycles. The molecular formula is C51H34N2O. The smallest absolute Gasteiger partial charge is 0.145 e. The molecule has 2 aliphatic carbocycles. The van der Waals surface area contributed by atoms with Crippen molar-refractivity contribution in [3.63, 3.8) is 0 Å². The van der Waals surface area contributed by atoms with Crippen LogP contribution in [0.3, 0.4) is 0 Å². The summed E-state index contributed by atoms with van der Waals surface area (Å²) in [7, 11) is 0. The Morgan fingerprint density at radius 1 is 0.611 bits per heavy atom. The average Bonchev–Trinajstić information content (AvgIpc) is 3.96. The molecule has 0 bridgehead atoms. The maximum Gasteiger partial charge on any atom is 0.145 e. The first-order valence-corrected chi connectivity index (χ1v) is 18.6. The maximum absolute atomic E-state index is 6.82. The molecular weight excluding hydrogens is 657 g/mol. The second-order valence-corrected chi connectivity index (χ2v) is 14.2. The summed E-state index contributed by atoms with van der Waals surface area (Å²) < 4.78 is 9.08. The molecule has 0 fully saturated rings. The molecule has 2 aromatic heterocycles. The molecule has 2 aliphatic rings. The topological polar surface area (TPSA) is 31.0 Å². The third-order valence-corrected chi connectivity index (χ3v) is 11.4. The Hall–Kier alpha value is -6.97. The van der Waals surface area contributed by atoms with Crippen molar-refractivity contribution in [2.75, 3.05) is 0 Å². The van der Waals surface area contributed by atoms with Crippen molar-refractivity contribution in [3.05, 3.63) is 215 Å². The minimum Gasteiger partial charge on any atom is -0.455 e. The van der Waals surface area contributed by atoms with Crippen LogP contribution in [0.25, 0.3) is 72.8 Å². The van der Waals surface area contributed by atoms with Crippen molar-refractivity contribution in [2.45, 2.75) is 12.3 Å². The normalized spacial score (nSPS) is 15.6. The fourth-order valence-electron chi connectivity index (χ4n) is 9.17. The van der Waals surface area contributed by atoms with Crippen molar-refractivity contribution >= 4 is 44.6 Å². The Morgan fingerprint density at radius 3 is 2.07 bits per heavy atom. The highest BCUT2D eigenvalue weighted by molar-refractivity contribution is 6.14. The number of para-hydroxylation sites is 4. The number of nitrogens with zero attached hydrogens (tertiary/aromatic N) is 2. The first-order valence-electron chi connectivity index (χ1n) is 18.6. The van der Waals surface area contributed by atoms with Gasteiger partial charge in [0.25, 0.3) is 0 Å². The summed E-state index contributed by atoms with van der Waals surface area (Å²) in [6.07, 6.45) is 8.97. The molecule has 2 heterocycles. The number of aromatic nitrogens is 2. The Morgan fingerprint density at radius 2 is 1.30 bits per heavy atom. The van der Waals surface area contributed by atoms with E-state index in [0.717, 1.165) is 61.2 Å². The van der Waals surface area contributed by atoms with E-state index in [0.29, 0.717) is 0 Å². The molecule has 0 amide bonds. The number of imidazole rings is 1. The van der Waals surface area contributed by atoms with Gasteiger partial charge in [-0.1, -0.05) is 152 Å². The maximum atomic E-state index is 6.82. The van der Waals surface area contributed by atoms with Gasteiger partial charge in [-0.15, -0.1) is 0 Å². The number of hydrogen-bond donors (Lipinski definition) is 0. The summed E-state index contributed by atoms with van der Waals surface area (Å²) in [5.74, 6) is 0.922. The summed E-state index contributed by atoms with van der Waals surface area (Å²) in [4.78, 5) is 5.14. The van der Waals surface area contributed by atoms with Gasteiger partial charge in [-0.25, -0.2) is 4.98 Å². The molecule has 11 rings (SSSR count). The highest BCUT2D eigenvalue weighted by Crippen LogP contribution is 2.65. The molecule has 3 nitrogen and oxygen atoms in total. The third kappa shape index (κ3) is 4.21. The Bertz CT molecular complexity index is 3000. The first-order chi connectivity index (χ1) is 26.8. The van der Waals surface area contributed by atoms with Gasteiger partial charge in [-0.05, 0) is 87.9 Å². The van der Waals surface area contributed by atoms with Gasteiger partial charge in [0.05, 0.1) is 16.4 Å². The van der Waals surface area contributed by atoms with Crippen molar-refractivity contribution in [2.24, 2.45) is 0 Å². The largest absolute Gasteiger partial charge is 0.455 e. The molecule has 0 saturated carbocycles. The van der Waals surface area contributed by atoms with Crippen LogP contribution in [-0.4, -0.2) is 9.55 Å². The molecule has 0 aliphatic heterocycles. The lowest BCUT2D eigenvalue weighted by atomic mass is 9.70. The molecule has 0 atom stereocenters. The van der Waals surface area contributed by atoms with E-state index in [1.807, 2.05) is 0 Å². The number of fused-ring (bicyclic) bond motifs is 12. The number of furan rings is 1. The van der Waals surface area contributed by atoms with Gasteiger partial charge < -0.3 is 4.42 Å². The van der Waals surface area contributed by atoms with Crippen LogP contribution in [0.15, 0.2) is 192 Å². The SMILES string of the molecule is C/C=C\C=C1/C(=Cc2ccc(-c3nc4ccccc4n3-c3ccccc3)cc2)C2(c3ccccc3-c3ccccc32)c2ccc3c(oc4ccccc43)c21. The van der Waals surface area contributed by atoms with E-state index in [1.165, 1.54) is 39.0 Å². The van der Waals surface area contributed by atoms with Gasteiger partial charge in [-0.2, -0.15) is 0 Å². The summed E-state index contributed by atoms with van der Waals surface area (Å²) in [5, 5.41) is 2.27. The lowest BCUT2D eigenvalue weighted by Crippen LogP contribution is -2.26. The van der Waals surface area contributed by atoms with Gasteiger partial charge in [0, 0.05) is 27.6 Å². The van der Waals surface area contributed by atoms with Crippen LogP contribution in [0.2, 0.25) is 0 Å². The highest BCUT2D eigenvalue weighted by atomic mass is 16.3. The highest BCUT2D eigenvalue weighted by Gasteiger charge is 2.54. The van der Waals surface area contributed by atoms with Gasteiger partial charge in [0.1, 0.15) is 17.0 Å². The number of rotatable bonds is 4. The Kier molecular flexibility index (Phi) is 6.68. The Balaban J connectivity index is 1.17. The van der Waals surface area contributed by atoms with Crippen molar-refractivity contribution in [1.82, 2.24) is 9.55 Å². The van der Waals surface area contributed by atoms with Crippen LogP contribution in [0.1, 0.15) is 34.7 Å². The van der Waals surface area contributed by atoms with E-state index in [1.54, 1.807) is 0 Å². The number of allylic oxidation sites excluding steroid dienone is 5. The second-order valence-electron chi connectivity index (χ2n) is 14.2. The second kappa shape index (κ2) is 11.8. The number of hydrogen-bond acceptors (Lipinski definition) is 2. The van der Waals surface area contributed by atoms with Gasteiger partial charge in [0.15, 0.2) is 0 Å². The zero-order valence-corrected chi connectivity index (χ0v) is 29.7. The van der Waals surface area contributed by atoms with E-state index in [-0.39, 0.29) is 0 Å². The van der Waals surface area contributed by atoms with Gasteiger partial charge >= 0.3 is 0 Å². The van der Waals surface area contributed by atoms with Crippen LogP contribution >= 0.6 is 0 Å². The zero-order chi connectivity index (χ0) is 35.8. The molecule has 1 spiro atoms. The summed E-state index contributed by atoms with van der Waals surface area (Å²) in [6.45, 7) is 2.08. The van der Waals surface area contributed by atoms with Crippen LogP contribution in [-0.2, 0) is 5.41 Å². The fraction of sp³-hybridized carbons (Fsp3) is 0.0392. The van der Waals surface area contributed by atoms with Crippen LogP contribution in [0, 0.1) is 0 Å². The predicted molar refractivity (Wildman–Crippen MR) is 223 cm³/mol. The standard InChI is InChI=1S/C51H34N2O/c1-2-3-17-40-44(32-33-26-28-34(29-27-33)50-52-45-23-12-13-24-46(45)53(50)35-15-5-4-6-16-35)51(41-21-10-7-18-36(41)37-19-8-11-22-42(37)51)43-31-30-39-38-20-9-14-25-47(38)54-49(39)48(40)43/h2-32H,1H3/b3-2-,40-17+,44-32?. The van der Waals surface area contributed by atoms with E-state index in [4.69, 9.17) is 9.40 Å². The molecule has 0 unspecified atom stereocenters. The van der Waals surface area contributed by atoms with Gasteiger partial charge in [-0.3, -0.25) is 4.57 Å². The quantitative estimate of drug-likeness (QED) is 0.184. The molecule has 54 heavy (non-hydrogen) atoms. The summed E-state index contributed by atoms with van der Waals surface area (Å²) in [5.41, 5.74) is 16.6. The van der Waals surface area contributed by atoms with E-state index in [9.17, 15) is 0 Å². The average molecular weight is 691 g/mol. The monoisotopic (exact) mass is 690 g/mol. The van der Waals surface area contributed by atoms with Crippen LogP contribution in [0.5, 0.6) is 0 Å². The van der Waals surface area contributed by atoms with Crippen LogP contribution < -0.4 is 0 Å². The first kappa shape index (κ1) is 30.6. The van der Waals surface area contributed by atoms with Gasteiger partial charge in [0.2, 0.25) is 0 Å². The predicted octanol–water partition coefficient (Wildman–Crippen LogP) is 13.0. The molecule has 0 N–H and O–H groups in total. The summed E-state index contributed by atoms with van der Waals surface area (Å²) >= 11 is 0. The third-order valence-electron chi connectivity index (χ3n) is 11.4. The van der Waals surface area contributed by atoms with Crippen molar-refractivity contribution in [3.8, 4) is 28.2 Å². The zero-order valence-electron chi connectivity index (χ0n) is 29.7. The van der Waals surface area contributed by atoms with E-state index in [2.05, 4.69) is 200 Å². The van der Waals surface area contributed by atoms with Crippen molar-refractivity contribution in [1.29, 1.82) is 0 Å². The molecule has 3 heteroatoms. The molecule has 9 aromatic rings. The lowest BCUT2D eigenvalue weighted by Gasteiger charge is -2.31. The summed E-state index contributed by atoms with van der Waals surface area (Å²) in [6, 6.07) is 58.7. The fourth-order valence-corrected chi connectivity index (χ4v) is 9.17. The Labute approximate surface area is 313 Å². The molecule has 0 radical (unpaired) electrons. The minimum atomic E-state index is -0.539. The van der Waals surface area contributed by atoms with E-state index >= 15 is 0 Å². The molecule has 254 valence electrons. The molecule has 7 aromatic carbocycles. The number of benzene rings is 7. The van der Waals surface area contributed by atoms with Crippen LogP contribution in [0.4, 0.5) is 0 Å². The van der Waals surface area contributed by atoms with E-state index < -0.39 is 5.41 Å². The lowest BCUT2D eigenvalue weighted by molar-refractivity contribution is 0.666.